The molecule has 0 radical (unpaired) electrons. The molecule has 0 saturated carbocycles. The minimum atomic E-state index is -0.494. The Morgan fingerprint density at radius 3 is 2.31 bits per heavy atom. The second-order valence-electron chi connectivity index (χ2n) is 4.10. The Hall–Kier alpha value is -1.06. The van der Waals surface area contributed by atoms with Gasteiger partial charge in [-0.15, -0.1) is 0 Å². The summed E-state index contributed by atoms with van der Waals surface area (Å²) >= 11 is 0. The summed E-state index contributed by atoms with van der Waals surface area (Å²) in [5.74, 6) is 0.0360. The van der Waals surface area contributed by atoms with Gasteiger partial charge in [-0.25, -0.2) is 4.79 Å². The smallest absolute Gasteiger partial charge is 0.328 e. The number of carbonyl (C=O) groups excluding carboxylic acids is 2. The third-order valence-electron chi connectivity index (χ3n) is 2.59. The highest BCUT2D eigenvalue weighted by Crippen LogP contribution is 2.12. The van der Waals surface area contributed by atoms with Crippen LogP contribution in [0.25, 0.3) is 0 Å². The molecular weight excluding hydrogens is 206 g/mol. The van der Waals surface area contributed by atoms with E-state index in [4.69, 9.17) is 4.74 Å². The molecule has 0 aromatic heterocycles. The zero-order chi connectivity index (χ0) is 12.6. The van der Waals surface area contributed by atoms with E-state index in [-0.39, 0.29) is 11.9 Å². The lowest BCUT2D eigenvalue weighted by molar-refractivity contribution is -0.147. The van der Waals surface area contributed by atoms with Crippen LogP contribution in [0.3, 0.4) is 0 Å². The first kappa shape index (κ1) is 14.9. The molecule has 1 N–H and O–H groups in total. The molecule has 0 aliphatic heterocycles. The van der Waals surface area contributed by atoms with Crippen LogP contribution in [-0.2, 0) is 14.3 Å². The molecule has 16 heavy (non-hydrogen) atoms. The summed E-state index contributed by atoms with van der Waals surface area (Å²) < 4.78 is 4.92. The summed E-state index contributed by atoms with van der Waals surface area (Å²) in [5, 5.41) is 2.63. The van der Waals surface area contributed by atoms with E-state index in [1.54, 1.807) is 6.92 Å². The van der Waals surface area contributed by atoms with E-state index in [0.29, 0.717) is 18.9 Å². The maximum Gasteiger partial charge on any atom is 0.328 e. The minimum Gasteiger partial charge on any atom is -0.464 e. The van der Waals surface area contributed by atoms with E-state index in [1.807, 2.05) is 0 Å². The number of rotatable bonds is 7. The molecule has 0 fully saturated rings. The summed E-state index contributed by atoms with van der Waals surface area (Å²) in [5.41, 5.74) is 0. The predicted octanol–water partition coefficient (Wildman–Crippen LogP) is 1.88. The summed E-state index contributed by atoms with van der Waals surface area (Å²) in [6, 6.07) is -0.494. The van der Waals surface area contributed by atoms with E-state index in [1.165, 1.54) is 6.92 Å². The third kappa shape index (κ3) is 6.43. The molecule has 2 unspecified atom stereocenters. The topological polar surface area (TPSA) is 55.4 Å². The van der Waals surface area contributed by atoms with Gasteiger partial charge in [0.1, 0.15) is 6.04 Å². The van der Waals surface area contributed by atoms with Crippen molar-refractivity contribution >= 4 is 11.9 Å². The van der Waals surface area contributed by atoms with E-state index in [2.05, 4.69) is 19.2 Å². The molecule has 0 saturated heterocycles. The van der Waals surface area contributed by atoms with Gasteiger partial charge in [0.15, 0.2) is 0 Å². The van der Waals surface area contributed by atoms with E-state index in [0.717, 1.165) is 12.8 Å². The molecule has 0 aromatic rings. The number of esters is 1. The van der Waals surface area contributed by atoms with Crippen molar-refractivity contribution in [1.82, 2.24) is 5.32 Å². The van der Waals surface area contributed by atoms with Crippen LogP contribution in [0.1, 0.15) is 47.0 Å². The van der Waals surface area contributed by atoms with Gasteiger partial charge in [-0.1, -0.05) is 20.3 Å². The van der Waals surface area contributed by atoms with Crippen molar-refractivity contribution in [3.8, 4) is 0 Å². The summed E-state index contributed by atoms with van der Waals surface area (Å²) in [4.78, 5) is 22.5. The number of hydrogen-bond acceptors (Lipinski definition) is 3. The number of hydrogen-bond donors (Lipinski definition) is 1. The fraction of sp³-hybridized carbons (Fsp3) is 0.833. The monoisotopic (exact) mass is 229 g/mol. The maximum absolute atomic E-state index is 11.5. The van der Waals surface area contributed by atoms with Crippen molar-refractivity contribution in [1.29, 1.82) is 0 Å². The lowest BCUT2D eigenvalue weighted by atomic mass is 9.99. The second kappa shape index (κ2) is 8.13. The summed E-state index contributed by atoms with van der Waals surface area (Å²) in [6.45, 7) is 7.77. The first-order chi connectivity index (χ1) is 7.51. The highest BCUT2D eigenvalue weighted by molar-refractivity contribution is 5.83. The Morgan fingerprint density at radius 1 is 1.25 bits per heavy atom. The van der Waals surface area contributed by atoms with Gasteiger partial charge in [0.25, 0.3) is 0 Å². The number of nitrogens with one attached hydrogen (secondary N) is 1. The first-order valence-electron chi connectivity index (χ1n) is 5.94. The molecule has 0 heterocycles. The molecule has 0 spiro atoms. The van der Waals surface area contributed by atoms with Crippen LogP contribution in [0.5, 0.6) is 0 Å². The first-order valence-corrected chi connectivity index (χ1v) is 5.94. The minimum absolute atomic E-state index is 0.192. The molecular formula is C12H23NO3. The molecule has 1 amide bonds. The van der Waals surface area contributed by atoms with Crippen molar-refractivity contribution in [2.24, 2.45) is 5.92 Å². The Morgan fingerprint density at radius 2 is 1.88 bits per heavy atom. The normalized spacial score (nSPS) is 14.0. The van der Waals surface area contributed by atoms with Gasteiger partial charge in [0, 0.05) is 6.92 Å². The van der Waals surface area contributed by atoms with Crippen LogP contribution in [0, 0.1) is 5.92 Å². The predicted molar refractivity (Wildman–Crippen MR) is 62.9 cm³/mol. The van der Waals surface area contributed by atoms with Crippen LogP contribution in [-0.4, -0.2) is 24.5 Å². The number of carbonyl (C=O) groups is 2. The lowest BCUT2D eigenvalue weighted by Crippen LogP contribution is -2.41. The Labute approximate surface area is 97.7 Å². The van der Waals surface area contributed by atoms with E-state index in [9.17, 15) is 9.59 Å². The van der Waals surface area contributed by atoms with Crippen LogP contribution < -0.4 is 5.32 Å². The number of amides is 1. The van der Waals surface area contributed by atoms with Crippen molar-refractivity contribution < 1.29 is 14.3 Å². The van der Waals surface area contributed by atoms with Crippen LogP contribution >= 0.6 is 0 Å². The van der Waals surface area contributed by atoms with Crippen molar-refractivity contribution in [3.63, 3.8) is 0 Å². The Bertz CT molecular complexity index is 228. The number of ether oxygens (including phenoxy) is 1. The Kier molecular flexibility index (Phi) is 7.60. The molecule has 0 bridgehead atoms. The van der Waals surface area contributed by atoms with Gasteiger partial charge in [-0.2, -0.15) is 0 Å². The van der Waals surface area contributed by atoms with Crippen LogP contribution in [0.2, 0.25) is 0 Å². The molecule has 0 aliphatic rings. The van der Waals surface area contributed by atoms with E-state index < -0.39 is 6.04 Å². The third-order valence-corrected chi connectivity index (χ3v) is 2.59. The van der Waals surface area contributed by atoms with Crippen LogP contribution in [0.4, 0.5) is 0 Å². The van der Waals surface area contributed by atoms with Gasteiger partial charge in [0.2, 0.25) is 5.91 Å². The van der Waals surface area contributed by atoms with Crippen LogP contribution in [0.15, 0.2) is 0 Å². The van der Waals surface area contributed by atoms with Gasteiger partial charge < -0.3 is 10.1 Å². The molecule has 0 aliphatic carbocycles. The molecule has 2 atom stereocenters. The average Bonchev–Trinajstić information content (AvgIpc) is 2.23. The zero-order valence-electron chi connectivity index (χ0n) is 10.7. The van der Waals surface area contributed by atoms with Crippen molar-refractivity contribution in [3.05, 3.63) is 0 Å². The van der Waals surface area contributed by atoms with Gasteiger partial charge in [-0.05, 0) is 25.7 Å². The molecule has 94 valence electrons. The molecule has 4 nitrogen and oxygen atoms in total. The van der Waals surface area contributed by atoms with Crippen molar-refractivity contribution in [2.45, 2.75) is 53.0 Å². The fourth-order valence-corrected chi connectivity index (χ4v) is 1.39. The Balaban J connectivity index is 4.19. The van der Waals surface area contributed by atoms with Gasteiger partial charge in [0.05, 0.1) is 6.61 Å². The summed E-state index contributed by atoms with van der Waals surface area (Å²) in [7, 11) is 0. The summed E-state index contributed by atoms with van der Waals surface area (Å²) in [6.07, 6.45) is 2.64. The molecule has 0 aromatic carbocycles. The largest absolute Gasteiger partial charge is 0.464 e. The molecule has 4 heteroatoms. The van der Waals surface area contributed by atoms with Gasteiger partial charge in [-0.3, -0.25) is 4.79 Å². The fourth-order valence-electron chi connectivity index (χ4n) is 1.39. The van der Waals surface area contributed by atoms with E-state index >= 15 is 0 Å². The second-order valence-corrected chi connectivity index (χ2v) is 4.10. The standard InChI is InChI=1S/C12H23NO3/c1-5-9(3)7-8-11(13-10(4)14)12(15)16-6-2/h9,11H,5-8H2,1-4H3,(H,13,14). The SMILES string of the molecule is CCOC(=O)C(CCC(C)CC)NC(C)=O. The van der Waals surface area contributed by atoms with Crippen molar-refractivity contribution in [2.75, 3.05) is 6.61 Å². The quantitative estimate of drug-likeness (QED) is 0.678. The molecule has 0 rings (SSSR count). The zero-order valence-corrected chi connectivity index (χ0v) is 10.7. The highest BCUT2D eigenvalue weighted by atomic mass is 16.5. The lowest BCUT2D eigenvalue weighted by Gasteiger charge is -2.17. The maximum atomic E-state index is 11.5. The highest BCUT2D eigenvalue weighted by Gasteiger charge is 2.20. The average molecular weight is 229 g/mol. The van der Waals surface area contributed by atoms with Gasteiger partial charge >= 0.3 is 5.97 Å².